The second kappa shape index (κ2) is 16.7. The minimum absolute atomic E-state index is 0.115. The lowest BCUT2D eigenvalue weighted by atomic mass is 9.94. The lowest BCUT2D eigenvalue weighted by Gasteiger charge is -2.51. The van der Waals surface area contributed by atoms with Crippen LogP contribution in [0.1, 0.15) is 105 Å². The van der Waals surface area contributed by atoms with Crippen LogP contribution >= 0.6 is 0 Å². The Morgan fingerprint density at radius 2 is 1.16 bits per heavy atom. The summed E-state index contributed by atoms with van der Waals surface area (Å²) < 4.78 is -0.498. The number of carboxylic acid groups (broad SMARTS) is 3. The van der Waals surface area contributed by atoms with E-state index in [2.05, 4.69) is 13.0 Å². The summed E-state index contributed by atoms with van der Waals surface area (Å²) in [6.45, 7) is 7.36. The maximum absolute atomic E-state index is 12.1. The molecule has 0 heterocycles. The molecule has 0 saturated heterocycles. The van der Waals surface area contributed by atoms with Gasteiger partial charge in [-0.05, 0) is 19.3 Å². The minimum atomic E-state index is -1.38. The standard InChI is InChI=1S/C25H45NO6/c1-5-9-10-11-12-13-14-15-16-17-18-19-26(20(6-2)23(27)28,21(7-3)24(29)30)22(8-4)25(31)32/h15-16,20-22H,5-14,17-19H2,1-4H3,(H2-,27,28,29,30,31,32)/b16-15+. The van der Waals surface area contributed by atoms with Crippen LogP contribution in [-0.4, -0.2) is 57.3 Å². The Morgan fingerprint density at radius 1 is 0.719 bits per heavy atom. The van der Waals surface area contributed by atoms with E-state index in [0.717, 1.165) is 12.8 Å². The maximum Gasteiger partial charge on any atom is 0.362 e. The number of quaternary nitrogens is 1. The number of nitrogens with zero attached hydrogens (tertiary/aromatic N) is 1. The molecule has 0 aliphatic heterocycles. The van der Waals surface area contributed by atoms with Crippen molar-refractivity contribution in [2.45, 2.75) is 123 Å². The summed E-state index contributed by atoms with van der Waals surface area (Å²) in [5, 5.41) is 31.8. The molecule has 0 spiro atoms. The van der Waals surface area contributed by atoms with Gasteiger partial charge in [0.15, 0.2) is 12.1 Å². The van der Waals surface area contributed by atoms with Gasteiger partial charge < -0.3 is 20.1 Å². The summed E-state index contributed by atoms with van der Waals surface area (Å²) in [6, 6.07) is -3.43. The topological polar surface area (TPSA) is 115 Å². The van der Waals surface area contributed by atoms with Gasteiger partial charge in [-0.3, -0.25) is 4.48 Å². The van der Waals surface area contributed by atoms with Crippen molar-refractivity contribution >= 4 is 17.9 Å². The van der Waals surface area contributed by atoms with E-state index in [4.69, 9.17) is 0 Å². The molecule has 3 atom stereocenters. The minimum Gasteiger partial charge on any atom is -0.544 e. The highest BCUT2D eigenvalue weighted by Crippen LogP contribution is 2.32. The fraction of sp³-hybridized carbons (Fsp3) is 0.800. The van der Waals surface area contributed by atoms with E-state index in [1.807, 2.05) is 6.08 Å². The van der Waals surface area contributed by atoms with Gasteiger partial charge in [-0.2, -0.15) is 0 Å². The summed E-state index contributed by atoms with van der Waals surface area (Å²) >= 11 is 0. The molecular weight excluding hydrogens is 410 g/mol. The monoisotopic (exact) mass is 455 g/mol. The second-order valence-electron chi connectivity index (χ2n) is 8.66. The van der Waals surface area contributed by atoms with E-state index in [1.54, 1.807) is 20.8 Å². The van der Waals surface area contributed by atoms with E-state index in [-0.39, 0.29) is 25.8 Å². The molecule has 0 amide bonds. The molecule has 7 heteroatoms. The smallest absolute Gasteiger partial charge is 0.362 e. The molecular formula is C25H45NO6. The number of carbonyl (C=O) groups is 3. The molecule has 0 aromatic rings. The van der Waals surface area contributed by atoms with Crippen LogP contribution < -0.4 is 5.11 Å². The first-order valence-electron chi connectivity index (χ1n) is 12.4. The fourth-order valence-electron chi connectivity index (χ4n) is 5.02. The van der Waals surface area contributed by atoms with Crippen molar-refractivity contribution in [1.82, 2.24) is 0 Å². The highest BCUT2D eigenvalue weighted by Gasteiger charge is 2.53. The third-order valence-corrected chi connectivity index (χ3v) is 6.55. The third-order valence-electron chi connectivity index (χ3n) is 6.55. The molecule has 2 N–H and O–H groups in total. The van der Waals surface area contributed by atoms with Gasteiger partial charge in [-0.25, -0.2) is 9.59 Å². The molecule has 0 aliphatic carbocycles. The van der Waals surface area contributed by atoms with Crippen molar-refractivity contribution in [3.63, 3.8) is 0 Å². The molecule has 0 rings (SSSR count). The van der Waals surface area contributed by atoms with E-state index in [0.29, 0.717) is 12.8 Å². The molecule has 0 fully saturated rings. The van der Waals surface area contributed by atoms with Crippen LogP contribution in [0.25, 0.3) is 0 Å². The van der Waals surface area contributed by atoms with Crippen molar-refractivity contribution in [1.29, 1.82) is 0 Å². The van der Waals surface area contributed by atoms with Gasteiger partial charge in [-0.1, -0.05) is 72.0 Å². The number of aliphatic carboxylic acids is 3. The Balaban J connectivity index is 5.44. The van der Waals surface area contributed by atoms with Crippen LogP contribution in [0.15, 0.2) is 12.2 Å². The number of rotatable bonds is 20. The molecule has 186 valence electrons. The average molecular weight is 456 g/mol. The van der Waals surface area contributed by atoms with Gasteiger partial charge in [0.25, 0.3) is 0 Å². The first-order valence-corrected chi connectivity index (χ1v) is 12.4. The lowest BCUT2D eigenvalue weighted by molar-refractivity contribution is -0.974. The predicted octanol–water partition coefficient (Wildman–Crippen LogP) is 4.15. The number of unbranched alkanes of at least 4 members (excludes halogenated alkanes) is 7. The Kier molecular flexibility index (Phi) is 15.7. The first-order chi connectivity index (χ1) is 15.2. The quantitative estimate of drug-likeness (QED) is 0.162. The molecule has 7 nitrogen and oxygen atoms in total. The zero-order valence-electron chi connectivity index (χ0n) is 20.6. The Morgan fingerprint density at radius 3 is 1.56 bits per heavy atom. The molecule has 0 aromatic carbocycles. The lowest BCUT2D eigenvalue weighted by Crippen LogP contribution is -2.73. The van der Waals surface area contributed by atoms with Gasteiger partial charge >= 0.3 is 11.9 Å². The molecule has 0 bridgehead atoms. The van der Waals surface area contributed by atoms with Crippen molar-refractivity contribution in [3.05, 3.63) is 12.2 Å². The zero-order valence-corrected chi connectivity index (χ0v) is 20.6. The Labute approximate surface area is 194 Å². The van der Waals surface area contributed by atoms with Crippen LogP contribution in [0.2, 0.25) is 0 Å². The number of hydrogen-bond acceptors (Lipinski definition) is 4. The van der Waals surface area contributed by atoms with Gasteiger partial charge in [0.2, 0.25) is 0 Å². The van der Waals surface area contributed by atoms with Crippen molar-refractivity contribution in [2.75, 3.05) is 6.54 Å². The number of carboxylic acids is 3. The molecule has 0 aliphatic rings. The van der Waals surface area contributed by atoms with E-state index >= 15 is 0 Å². The largest absolute Gasteiger partial charge is 0.544 e. The summed E-state index contributed by atoms with van der Waals surface area (Å²) in [5.74, 6) is -3.71. The van der Waals surface area contributed by atoms with Crippen molar-refractivity contribution in [3.8, 4) is 0 Å². The third kappa shape index (κ3) is 8.93. The van der Waals surface area contributed by atoms with Gasteiger partial charge in [0.1, 0.15) is 6.04 Å². The second-order valence-corrected chi connectivity index (χ2v) is 8.66. The first kappa shape index (κ1) is 30.1. The number of allylic oxidation sites excluding steroid dienone is 2. The highest BCUT2D eigenvalue weighted by atomic mass is 16.4. The number of carbonyl (C=O) groups excluding carboxylic acids is 1. The Hall–Kier alpha value is -1.89. The summed E-state index contributed by atoms with van der Waals surface area (Å²) in [7, 11) is 0. The average Bonchev–Trinajstić information content (AvgIpc) is 2.72. The molecule has 0 radical (unpaired) electrons. The SMILES string of the molecule is CCCCCCCC/C=C/CCC[N+](C(CC)C(=O)[O-])(C(CC)C(=O)O)C(CC)C(=O)O. The van der Waals surface area contributed by atoms with Gasteiger partial charge in [0, 0.05) is 25.7 Å². The Bertz CT molecular complexity index is 534. The van der Waals surface area contributed by atoms with Gasteiger partial charge in [-0.15, -0.1) is 0 Å². The number of hydrogen-bond donors (Lipinski definition) is 2. The van der Waals surface area contributed by atoms with E-state index in [1.165, 1.54) is 32.1 Å². The normalized spacial score (nSPS) is 16.4. The predicted molar refractivity (Wildman–Crippen MR) is 124 cm³/mol. The van der Waals surface area contributed by atoms with Crippen molar-refractivity contribution < 1.29 is 34.2 Å². The van der Waals surface area contributed by atoms with E-state index < -0.39 is 40.5 Å². The molecule has 0 aromatic heterocycles. The van der Waals surface area contributed by atoms with Crippen LogP contribution in [0.4, 0.5) is 0 Å². The fourth-order valence-corrected chi connectivity index (χ4v) is 5.02. The van der Waals surface area contributed by atoms with Crippen LogP contribution in [0.5, 0.6) is 0 Å². The molecule has 32 heavy (non-hydrogen) atoms. The van der Waals surface area contributed by atoms with Crippen LogP contribution in [0, 0.1) is 0 Å². The molecule has 0 saturated carbocycles. The summed E-state index contributed by atoms with van der Waals surface area (Å²) in [6.07, 6.45) is 14.1. The van der Waals surface area contributed by atoms with Crippen molar-refractivity contribution in [2.24, 2.45) is 0 Å². The van der Waals surface area contributed by atoms with Gasteiger partial charge in [0.05, 0.1) is 12.5 Å². The zero-order chi connectivity index (χ0) is 24.6. The molecule has 3 unspecified atom stereocenters. The highest BCUT2D eigenvalue weighted by molar-refractivity contribution is 5.77. The van der Waals surface area contributed by atoms with Crippen LogP contribution in [-0.2, 0) is 14.4 Å². The maximum atomic E-state index is 12.1. The van der Waals surface area contributed by atoms with Crippen LogP contribution in [0.3, 0.4) is 0 Å². The summed E-state index contributed by atoms with van der Waals surface area (Å²) in [4.78, 5) is 36.3. The summed E-state index contributed by atoms with van der Waals surface area (Å²) in [5.41, 5.74) is 0. The van der Waals surface area contributed by atoms with E-state index in [9.17, 15) is 29.7 Å².